The van der Waals surface area contributed by atoms with Crippen molar-refractivity contribution in [2.24, 2.45) is 0 Å². The van der Waals surface area contributed by atoms with Gasteiger partial charge in [-0.2, -0.15) is 0 Å². The van der Waals surface area contributed by atoms with Crippen LogP contribution in [0.4, 0.5) is 5.82 Å². The zero-order valence-corrected chi connectivity index (χ0v) is 17.0. The number of nitrogens with zero attached hydrogens (tertiary/aromatic N) is 5. The van der Waals surface area contributed by atoms with E-state index in [1.54, 1.807) is 0 Å². The number of rotatable bonds is 5. The van der Waals surface area contributed by atoms with Gasteiger partial charge in [-0.25, -0.2) is 15.0 Å². The quantitative estimate of drug-likeness (QED) is 0.551. The predicted molar refractivity (Wildman–Crippen MR) is 116 cm³/mol. The summed E-state index contributed by atoms with van der Waals surface area (Å²) in [6, 6.07) is 13.1. The molecule has 0 saturated carbocycles. The van der Waals surface area contributed by atoms with E-state index in [2.05, 4.69) is 63.6 Å². The zero-order valence-electron chi connectivity index (χ0n) is 17.0. The Hall–Kier alpha value is -3.15. The maximum Gasteiger partial charge on any atom is 0.143 e. The van der Waals surface area contributed by atoms with Gasteiger partial charge < -0.3 is 14.5 Å². The summed E-state index contributed by atoms with van der Waals surface area (Å²) in [5, 5.41) is 0. The van der Waals surface area contributed by atoms with Crippen LogP contribution in [0.5, 0.6) is 0 Å². The maximum atomic E-state index is 4.92. The topological polar surface area (TPSA) is 62.6 Å². The summed E-state index contributed by atoms with van der Waals surface area (Å²) in [5.41, 5.74) is 4.23. The molecule has 1 aliphatic rings. The standard InChI is InChI=1S/C23H26N6/c1-3-21-24-14-18(26-21)15-29-20-9-5-4-8-19(20)27-23(29)17-10-11-22(25-13-17)28-12-6-7-16(28)2/h4-5,8-11,13-14,16H,3,6-7,12,15H2,1-2H3,(H,24,26). The van der Waals surface area contributed by atoms with Crippen LogP contribution in [0.2, 0.25) is 0 Å². The van der Waals surface area contributed by atoms with Gasteiger partial charge in [0.1, 0.15) is 17.5 Å². The number of hydrogen-bond acceptors (Lipinski definition) is 4. The van der Waals surface area contributed by atoms with Crippen molar-refractivity contribution in [2.45, 2.75) is 45.7 Å². The number of fused-ring (bicyclic) bond motifs is 1. The Morgan fingerprint density at radius 2 is 2.00 bits per heavy atom. The highest BCUT2D eigenvalue weighted by molar-refractivity contribution is 5.80. The van der Waals surface area contributed by atoms with Crippen LogP contribution in [-0.4, -0.2) is 37.1 Å². The van der Waals surface area contributed by atoms with Gasteiger partial charge in [0.25, 0.3) is 0 Å². The fourth-order valence-corrected chi connectivity index (χ4v) is 4.25. The highest BCUT2D eigenvalue weighted by Crippen LogP contribution is 2.28. The van der Waals surface area contributed by atoms with E-state index in [1.807, 2.05) is 18.5 Å². The molecule has 1 atom stereocenters. The molecular formula is C23H26N6. The summed E-state index contributed by atoms with van der Waals surface area (Å²) in [4.78, 5) is 20.0. The molecule has 0 radical (unpaired) electrons. The predicted octanol–water partition coefficient (Wildman–Crippen LogP) is 4.42. The molecule has 1 unspecified atom stereocenters. The third kappa shape index (κ3) is 3.28. The Kier molecular flexibility index (Phi) is 4.54. The van der Waals surface area contributed by atoms with Crippen molar-refractivity contribution < 1.29 is 0 Å². The molecule has 1 aromatic carbocycles. The lowest BCUT2D eigenvalue weighted by Gasteiger charge is -2.22. The van der Waals surface area contributed by atoms with Crippen LogP contribution in [0.25, 0.3) is 22.4 Å². The minimum Gasteiger partial charge on any atom is -0.354 e. The van der Waals surface area contributed by atoms with Gasteiger partial charge in [0.05, 0.1) is 29.5 Å². The fourth-order valence-electron chi connectivity index (χ4n) is 4.25. The summed E-state index contributed by atoms with van der Waals surface area (Å²) < 4.78 is 2.25. The number of nitrogens with one attached hydrogen (secondary N) is 1. The molecule has 0 aliphatic carbocycles. The average Bonchev–Trinajstić information content (AvgIpc) is 3.47. The van der Waals surface area contributed by atoms with E-state index in [9.17, 15) is 0 Å². The zero-order chi connectivity index (χ0) is 19.8. The smallest absolute Gasteiger partial charge is 0.143 e. The first-order valence-corrected chi connectivity index (χ1v) is 10.4. The summed E-state index contributed by atoms with van der Waals surface area (Å²) in [6.45, 7) is 6.17. The summed E-state index contributed by atoms with van der Waals surface area (Å²) in [7, 11) is 0. The van der Waals surface area contributed by atoms with Crippen LogP contribution in [0, 0.1) is 0 Å². The van der Waals surface area contributed by atoms with E-state index in [-0.39, 0.29) is 0 Å². The number of aryl methyl sites for hydroxylation is 1. The lowest BCUT2D eigenvalue weighted by atomic mass is 10.2. The monoisotopic (exact) mass is 386 g/mol. The third-order valence-electron chi connectivity index (χ3n) is 5.85. The molecule has 1 fully saturated rings. The number of anilines is 1. The van der Waals surface area contributed by atoms with Gasteiger partial charge in [-0.1, -0.05) is 19.1 Å². The van der Waals surface area contributed by atoms with E-state index in [4.69, 9.17) is 9.97 Å². The van der Waals surface area contributed by atoms with Gasteiger partial charge in [0.15, 0.2) is 0 Å². The second-order valence-corrected chi connectivity index (χ2v) is 7.81. The molecule has 0 spiro atoms. The fraction of sp³-hybridized carbons (Fsp3) is 0.348. The molecule has 4 aromatic rings. The first kappa shape index (κ1) is 17.9. The van der Waals surface area contributed by atoms with Crippen molar-refractivity contribution in [3.63, 3.8) is 0 Å². The lowest BCUT2D eigenvalue weighted by molar-refractivity contribution is 0.727. The second kappa shape index (κ2) is 7.35. The van der Waals surface area contributed by atoms with Crippen molar-refractivity contribution in [3.8, 4) is 11.4 Å². The summed E-state index contributed by atoms with van der Waals surface area (Å²) in [5.74, 6) is 3.01. The van der Waals surface area contributed by atoms with Crippen molar-refractivity contribution in [2.75, 3.05) is 11.4 Å². The molecule has 3 aromatic heterocycles. The molecular weight excluding hydrogens is 360 g/mol. The normalized spacial score (nSPS) is 16.8. The van der Waals surface area contributed by atoms with Crippen LogP contribution in [0.3, 0.4) is 0 Å². The molecule has 5 rings (SSSR count). The van der Waals surface area contributed by atoms with Gasteiger partial charge >= 0.3 is 0 Å². The van der Waals surface area contributed by atoms with Gasteiger partial charge in [0.2, 0.25) is 0 Å². The first-order valence-electron chi connectivity index (χ1n) is 10.4. The molecule has 148 valence electrons. The molecule has 6 nitrogen and oxygen atoms in total. The van der Waals surface area contributed by atoms with Crippen molar-refractivity contribution >= 4 is 16.9 Å². The Morgan fingerprint density at radius 1 is 1.10 bits per heavy atom. The molecule has 6 heteroatoms. The Labute approximate surface area is 170 Å². The number of para-hydroxylation sites is 2. The number of imidazole rings is 2. The number of pyridine rings is 1. The van der Waals surface area contributed by atoms with E-state index in [0.29, 0.717) is 12.6 Å². The lowest BCUT2D eigenvalue weighted by Crippen LogP contribution is -2.26. The van der Waals surface area contributed by atoms with E-state index in [1.165, 1.54) is 12.8 Å². The van der Waals surface area contributed by atoms with Crippen LogP contribution in [-0.2, 0) is 13.0 Å². The Morgan fingerprint density at radius 3 is 2.72 bits per heavy atom. The number of hydrogen-bond donors (Lipinski definition) is 1. The van der Waals surface area contributed by atoms with Gasteiger partial charge in [-0.15, -0.1) is 0 Å². The third-order valence-corrected chi connectivity index (χ3v) is 5.85. The van der Waals surface area contributed by atoms with E-state index >= 15 is 0 Å². The van der Waals surface area contributed by atoms with Crippen LogP contribution in [0.15, 0.2) is 48.8 Å². The van der Waals surface area contributed by atoms with Gasteiger partial charge in [-0.3, -0.25) is 0 Å². The number of aromatic amines is 1. The number of aromatic nitrogens is 5. The molecule has 1 aliphatic heterocycles. The van der Waals surface area contributed by atoms with Gasteiger partial charge in [-0.05, 0) is 44.0 Å². The number of H-pyrrole nitrogens is 1. The average molecular weight is 387 g/mol. The van der Waals surface area contributed by atoms with Crippen molar-refractivity contribution in [3.05, 3.63) is 60.3 Å². The van der Waals surface area contributed by atoms with Crippen LogP contribution < -0.4 is 4.90 Å². The van der Waals surface area contributed by atoms with Crippen molar-refractivity contribution in [1.29, 1.82) is 0 Å². The minimum absolute atomic E-state index is 0.561. The molecule has 0 bridgehead atoms. The van der Waals surface area contributed by atoms with Crippen LogP contribution >= 0.6 is 0 Å². The Bertz CT molecular complexity index is 1120. The molecule has 1 N–H and O–H groups in total. The highest BCUT2D eigenvalue weighted by Gasteiger charge is 2.22. The largest absolute Gasteiger partial charge is 0.354 e. The SMILES string of the molecule is CCc1ncc(Cn2c(-c3ccc(N4CCCC4C)nc3)nc3ccccc32)[nH]1. The summed E-state index contributed by atoms with van der Waals surface area (Å²) >= 11 is 0. The van der Waals surface area contributed by atoms with E-state index < -0.39 is 0 Å². The highest BCUT2D eigenvalue weighted by atomic mass is 15.2. The number of benzene rings is 1. The van der Waals surface area contributed by atoms with Gasteiger partial charge in [0, 0.05) is 30.8 Å². The maximum absolute atomic E-state index is 4.92. The molecule has 1 saturated heterocycles. The molecule has 29 heavy (non-hydrogen) atoms. The summed E-state index contributed by atoms with van der Waals surface area (Å²) in [6.07, 6.45) is 7.27. The Balaban J connectivity index is 1.53. The van der Waals surface area contributed by atoms with Crippen LogP contribution in [0.1, 0.15) is 38.2 Å². The second-order valence-electron chi connectivity index (χ2n) is 7.81. The minimum atomic E-state index is 0.561. The van der Waals surface area contributed by atoms with Crippen molar-refractivity contribution in [1.82, 2.24) is 24.5 Å². The molecule has 4 heterocycles. The van der Waals surface area contributed by atoms with E-state index in [0.717, 1.165) is 52.7 Å². The molecule has 0 amide bonds. The first-order chi connectivity index (χ1) is 14.2.